The van der Waals surface area contributed by atoms with Gasteiger partial charge < -0.3 is 21.3 Å². The second-order valence-corrected chi connectivity index (χ2v) is 9.29. The number of likely N-dealkylation sites (tertiary alicyclic amines) is 1. The Hall–Kier alpha value is -3.41. The molecule has 0 bridgehead atoms. The highest BCUT2D eigenvalue weighted by Crippen LogP contribution is 2.30. The number of hydrogen-bond donors (Lipinski definition) is 4. The molecule has 12 heteroatoms. The number of aliphatic imine (C=N–C) groups is 1. The molecule has 1 unspecified atom stereocenters. The highest BCUT2D eigenvalue weighted by molar-refractivity contribution is 6.47. The van der Waals surface area contributed by atoms with Crippen molar-refractivity contribution in [2.75, 3.05) is 38.2 Å². The second-order valence-electron chi connectivity index (χ2n) is 8.89. The highest BCUT2D eigenvalue weighted by atomic mass is 35.5. The fourth-order valence-electron chi connectivity index (χ4n) is 4.57. The van der Waals surface area contributed by atoms with E-state index in [-0.39, 0.29) is 34.2 Å². The zero-order valence-electron chi connectivity index (χ0n) is 20.0. The molecule has 2 aliphatic rings. The average molecular weight is 533 g/mol. The van der Waals surface area contributed by atoms with Gasteiger partial charge in [-0.3, -0.25) is 24.7 Å². The van der Waals surface area contributed by atoms with Crippen molar-refractivity contribution in [1.82, 2.24) is 15.5 Å². The first-order valence-electron chi connectivity index (χ1n) is 11.9. The molecule has 0 radical (unpaired) electrons. The SMILES string of the molecule is NC(=O)C1(c2ccc(NC(=O)c3ccc(F)cc3Cl)c(F)c2)NCN=C1C(=O)NCCN1CCCCC1. The summed E-state index contributed by atoms with van der Waals surface area (Å²) in [7, 11) is 0. The Morgan fingerprint density at radius 1 is 1.08 bits per heavy atom. The van der Waals surface area contributed by atoms with E-state index in [1.54, 1.807) is 0 Å². The number of halogens is 3. The molecule has 9 nitrogen and oxygen atoms in total. The summed E-state index contributed by atoms with van der Waals surface area (Å²) in [6.07, 6.45) is 3.44. The van der Waals surface area contributed by atoms with Crippen LogP contribution in [0.2, 0.25) is 5.02 Å². The number of nitrogens with zero attached hydrogens (tertiary/aromatic N) is 2. The van der Waals surface area contributed by atoms with Crippen LogP contribution in [0.3, 0.4) is 0 Å². The minimum absolute atomic E-state index is 0.0479. The van der Waals surface area contributed by atoms with Crippen molar-refractivity contribution in [1.29, 1.82) is 0 Å². The Bertz CT molecular complexity index is 1250. The molecule has 2 aromatic carbocycles. The minimum atomic E-state index is -1.85. The third-order valence-corrected chi connectivity index (χ3v) is 6.82. The van der Waals surface area contributed by atoms with E-state index in [9.17, 15) is 18.8 Å². The molecule has 2 aliphatic heterocycles. The Kier molecular flexibility index (Phi) is 8.16. The monoisotopic (exact) mass is 532 g/mol. The molecule has 1 fully saturated rings. The third-order valence-electron chi connectivity index (χ3n) is 6.51. The molecule has 0 spiro atoms. The van der Waals surface area contributed by atoms with Crippen LogP contribution in [0.1, 0.15) is 35.2 Å². The van der Waals surface area contributed by atoms with Crippen LogP contribution in [-0.2, 0) is 15.1 Å². The first-order valence-corrected chi connectivity index (χ1v) is 12.3. The Balaban J connectivity index is 1.50. The van der Waals surface area contributed by atoms with Gasteiger partial charge in [0.1, 0.15) is 17.3 Å². The Labute approximate surface area is 217 Å². The lowest BCUT2D eigenvalue weighted by Crippen LogP contribution is -2.58. The van der Waals surface area contributed by atoms with Crippen LogP contribution in [-0.4, -0.2) is 61.2 Å². The molecule has 37 heavy (non-hydrogen) atoms. The number of piperidine rings is 1. The average Bonchev–Trinajstić information content (AvgIpc) is 3.32. The molecule has 1 saturated heterocycles. The number of amides is 3. The predicted molar refractivity (Wildman–Crippen MR) is 135 cm³/mol. The van der Waals surface area contributed by atoms with E-state index in [2.05, 4.69) is 25.8 Å². The van der Waals surface area contributed by atoms with Gasteiger partial charge in [-0.15, -0.1) is 0 Å². The molecule has 0 aliphatic carbocycles. The van der Waals surface area contributed by atoms with Gasteiger partial charge in [0.2, 0.25) is 5.91 Å². The molecule has 5 N–H and O–H groups in total. The van der Waals surface area contributed by atoms with Crippen molar-refractivity contribution in [3.63, 3.8) is 0 Å². The van der Waals surface area contributed by atoms with E-state index in [1.807, 2.05) is 0 Å². The van der Waals surface area contributed by atoms with Crippen LogP contribution in [0.25, 0.3) is 0 Å². The third kappa shape index (κ3) is 5.63. The Morgan fingerprint density at radius 3 is 2.51 bits per heavy atom. The van der Waals surface area contributed by atoms with E-state index in [1.165, 1.54) is 24.6 Å². The number of rotatable bonds is 8. The van der Waals surface area contributed by atoms with Crippen molar-refractivity contribution in [3.8, 4) is 0 Å². The molecule has 3 amide bonds. The van der Waals surface area contributed by atoms with Gasteiger partial charge in [0.15, 0.2) is 5.54 Å². The zero-order valence-corrected chi connectivity index (χ0v) is 20.7. The maximum Gasteiger partial charge on any atom is 0.268 e. The fourth-order valence-corrected chi connectivity index (χ4v) is 4.83. The molecule has 2 aromatic rings. The number of nitrogens with two attached hydrogens (primary N) is 1. The van der Waals surface area contributed by atoms with Crippen LogP contribution in [0, 0.1) is 11.6 Å². The number of benzene rings is 2. The van der Waals surface area contributed by atoms with E-state index in [4.69, 9.17) is 17.3 Å². The minimum Gasteiger partial charge on any atom is -0.367 e. The molecular formula is C25H27ClF2N6O3. The summed E-state index contributed by atoms with van der Waals surface area (Å²) in [6.45, 7) is 2.90. The number of carbonyl (C=O) groups is 3. The van der Waals surface area contributed by atoms with Gasteiger partial charge in [-0.2, -0.15) is 0 Å². The van der Waals surface area contributed by atoms with Crippen LogP contribution >= 0.6 is 11.6 Å². The van der Waals surface area contributed by atoms with Gasteiger partial charge in [0.25, 0.3) is 11.8 Å². The number of hydrogen-bond acceptors (Lipinski definition) is 6. The molecule has 0 aromatic heterocycles. The quantitative estimate of drug-likeness (QED) is 0.414. The number of nitrogens with one attached hydrogen (secondary N) is 3. The van der Waals surface area contributed by atoms with Crippen LogP contribution in [0.4, 0.5) is 14.5 Å². The lowest BCUT2D eigenvalue weighted by atomic mass is 9.84. The predicted octanol–water partition coefficient (Wildman–Crippen LogP) is 2.15. The standard InChI is InChI=1S/C25H27ClF2N6O3/c26-18-13-16(27)5-6-17(18)22(35)33-20-7-4-15(12-19(20)28)25(24(29)37)21(31-14-32-25)23(36)30-8-11-34-9-2-1-3-10-34/h4-7,12-13,32H,1-3,8-11,14H2,(H2,29,37)(H,30,36)(H,33,35). The lowest BCUT2D eigenvalue weighted by molar-refractivity contribution is -0.123. The van der Waals surface area contributed by atoms with Gasteiger partial charge in [-0.25, -0.2) is 8.78 Å². The van der Waals surface area contributed by atoms with E-state index < -0.39 is 34.9 Å². The van der Waals surface area contributed by atoms with E-state index >= 15 is 4.39 Å². The van der Waals surface area contributed by atoms with Crippen LogP contribution in [0.15, 0.2) is 41.4 Å². The molecule has 4 rings (SSSR count). The summed E-state index contributed by atoms with van der Waals surface area (Å²) in [4.78, 5) is 44.6. The summed E-state index contributed by atoms with van der Waals surface area (Å²) in [5, 5.41) is 7.84. The van der Waals surface area contributed by atoms with Crippen molar-refractivity contribution in [2.45, 2.75) is 24.8 Å². The first kappa shape index (κ1) is 26.6. The number of carbonyl (C=O) groups excluding carboxylic acids is 3. The molecule has 0 saturated carbocycles. The molecule has 2 heterocycles. The zero-order chi connectivity index (χ0) is 26.6. The van der Waals surface area contributed by atoms with Crippen molar-refractivity contribution in [2.24, 2.45) is 10.7 Å². The number of primary amides is 1. The van der Waals surface area contributed by atoms with Crippen LogP contribution in [0.5, 0.6) is 0 Å². The fraction of sp³-hybridized carbons (Fsp3) is 0.360. The molecule has 1 atom stereocenters. The normalized spacial score (nSPS) is 19.8. The van der Waals surface area contributed by atoms with Gasteiger partial charge in [-0.05, 0) is 61.8 Å². The summed E-state index contributed by atoms with van der Waals surface area (Å²) < 4.78 is 28.4. The molecular weight excluding hydrogens is 506 g/mol. The summed E-state index contributed by atoms with van der Waals surface area (Å²) in [5.74, 6) is -3.77. The van der Waals surface area contributed by atoms with Crippen molar-refractivity contribution in [3.05, 3.63) is 64.2 Å². The Morgan fingerprint density at radius 2 is 1.84 bits per heavy atom. The van der Waals surface area contributed by atoms with Gasteiger partial charge in [0, 0.05) is 13.1 Å². The summed E-state index contributed by atoms with van der Waals surface area (Å²) in [5.41, 5.74) is 3.49. The van der Waals surface area contributed by atoms with Crippen molar-refractivity contribution >= 4 is 40.7 Å². The smallest absolute Gasteiger partial charge is 0.268 e. The van der Waals surface area contributed by atoms with Crippen molar-refractivity contribution < 1.29 is 23.2 Å². The second kappa shape index (κ2) is 11.3. The topological polar surface area (TPSA) is 129 Å². The van der Waals surface area contributed by atoms with Gasteiger partial charge >= 0.3 is 0 Å². The first-order chi connectivity index (χ1) is 17.7. The number of anilines is 1. The van der Waals surface area contributed by atoms with E-state index in [0.717, 1.165) is 44.1 Å². The maximum absolute atomic E-state index is 15.1. The lowest BCUT2D eigenvalue weighted by Gasteiger charge is -2.29. The summed E-state index contributed by atoms with van der Waals surface area (Å²) >= 11 is 5.91. The van der Waals surface area contributed by atoms with E-state index in [0.29, 0.717) is 13.1 Å². The maximum atomic E-state index is 15.1. The van der Waals surface area contributed by atoms with Gasteiger partial charge in [-0.1, -0.05) is 24.1 Å². The summed E-state index contributed by atoms with van der Waals surface area (Å²) in [6, 6.07) is 6.80. The molecule has 196 valence electrons. The highest BCUT2D eigenvalue weighted by Gasteiger charge is 2.49. The largest absolute Gasteiger partial charge is 0.367 e. The van der Waals surface area contributed by atoms with Crippen LogP contribution < -0.4 is 21.7 Å². The van der Waals surface area contributed by atoms with Gasteiger partial charge in [0.05, 0.1) is 22.9 Å².